The van der Waals surface area contributed by atoms with Crippen LogP contribution in [0.5, 0.6) is 0 Å². The Balaban J connectivity index is 2.68. The van der Waals surface area contributed by atoms with E-state index in [1.165, 1.54) is 6.92 Å². The van der Waals surface area contributed by atoms with Crippen LogP contribution in [-0.2, 0) is 9.47 Å². The van der Waals surface area contributed by atoms with Crippen molar-refractivity contribution in [2.24, 2.45) is 0 Å². The molecule has 0 aromatic heterocycles. The van der Waals surface area contributed by atoms with E-state index in [9.17, 15) is 26.3 Å². The molecule has 1 fully saturated rings. The van der Waals surface area contributed by atoms with Crippen molar-refractivity contribution in [1.82, 2.24) is 0 Å². The van der Waals surface area contributed by atoms with E-state index in [2.05, 4.69) is 16.4 Å². The average molecular weight is 350 g/mol. The maximum atomic E-state index is 13.0. The first-order valence-electron chi connectivity index (χ1n) is 8.08. The maximum absolute atomic E-state index is 13.0. The highest BCUT2D eigenvalue weighted by Crippen LogP contribution is 2.52. The quantitative estimate of drug-likeness (QED) is 0.410. The van der Waals surface area contributed by atoms with E-state index in [-0.39, 0.29) is 12.8 Å². The van der Waals surface area contributed by atoms with Crippen molar-refractivity contribution in [3.05, 3.63) is 0 Å². The summed E-state index contributed by atoms with van der Waals surface area (Å²) in [4.78, 5) is 0. The standard InChI is InChI=1S/C15H24F6O2/c1-3-5-6-7-8-9-10-12-11(4-2)22-13(23-12,14(16,17)18)15(19,20)21/h11-12H,3-10H2,1-2H3/t11-,12-/m0/s1. The first-order chi connectivity index (χ1) is 10.6. The van der Waals surface area contributed by atoms with Gasteiger partial charge in [0.1, 0.15) is 0 Å². The van der Waals surface area contributed by atoms with Gasteiger partial charge in [0.25, 0.3) is 0 Å². The van der Waals surface area contributed by atoms with E-state index >= 15 is 0 Å². The lowest BCUT2D eigenvalue weighted by Crippen LogP contribution is -2.58. The molecule has 0 spiro atoms. The molecule has 1 aliphatic heterocycles. The minimum atomic E-state index is -5.66. The van der Waals surface area contributed by atoms with Crippen LogP contribution in [0.2, 0.25) is 0 Å². The van der Waals surface area contributed by atoms with Crippen LogP contribution in [0.25, 0.3) is 0 Å². The summed E-state index contributed by atoms with van der Waals surface area (Å²) < 4.78 is 86.5. The zero-order valence-electron chi connectivity index (χ0n) is 13.4. The Morgan fingerprint density at radius 2 is 1.22 bits per heavy atom. The molecule has 0 aliphatic carbocycles. The molecule has 23 heavy (non-hydrogen) atoms. The van der Waals surface area contributed by atoms with Gasteiger partial charge in [-0.25, -0.2) is 0 Å². The van der Waals surface area contributed by atoms with E-state index in [1.54, 1.807) is 0 Å². The van der Waals surface area contributed by atoms with Crippen LogP contribution in [-0.4, -0.2) is 30.3 Å². The van der Waals surface area contributed by atoms with Crippen LogP contribution in [0, 0.1) is 0 Å². The number of hydrogen-bond donors (Lipinski definition) is 0. The molecule has 1 aliphatic rings. The molecule has 0 amide bonds. The zero-order chi connectivity index (χ0) is 17.7. The fourth-order valence-corrected chi connectivity index (χ4v) is 2.75. The fraction of sp³-hybridized carbons (Fsp3) is 1.00. The van der Waals surface area contributed by atoms with Gasteiger partial charge in [0, 0.05) is 0 Å². The number of halogens is 6. The van der Waals surface area contributed by atoms with Gasteiger partial charge in [-0.05, 0) is 12.8 Å². The number of ether oxygens (including phenoxy) is 2. The molecule has 0 saturated carbocycles. The van der Waals surface area contributed by atoms with Crippen molar-refractivity contribution < 1.29 is 35.8 Å². The van der Waals surface area contributed by atoms with Gasteiger partial charge < -0.3 is 9.47 Å². The van der Waals surface area contributed by atoms with Gasteiger partial charge in [0.15, 0.2) is 0 Å². The lowest BCUT2D eigenvalue weighted by Gasteiger charge is -2.31. The molecule has 0 aromatic rings. The Morgan fingerprint density at radius 1 is 0.739 bits per heavy atom. The Hall–Kier alpha value is -0.500. The predicted molar refractivity (Wildman–Crippen MR) is 72.9 cm³/mol. The summed E-state index contributed by atoms with van der Waals surface area (Å²) in [6.07, 6.45) is -8.16. The van der Waals surface area contributed by atoms with Crippen LogP contribution in [0.15, 0.2) is 0 Å². The second kappa shape index (κ2) is 8.05. The Morgan fingerprint density at radius 3 is 1.70 bits per heavy atom. The molecule has 2 nitrogen and oxygen atoms in total. The second-order valence-corrected chi connectivity index (χ2v) is 5.89. The molecule has 2 atom stereocenters. The lowest BCUT2D eigenvalue weighted by atomic mass is 10.0. The lowest BCUT2D eigenvalue weighted by molar-refractivity contribution is -0.446. The van der Waals surface area contributed by atoms with Crippen LogP contribution in [0.4, 0.5) is 26.3 Å². The number of hydrogen-bond acceptors (Lipinski definition) is 2. The summed E-state index contributed by atoms with van der Waals surface area (Å²) in [6, 6.07) is 0. The molecular formula is C15H24F6O2. The minimum Gasteiger partial charge on any atom is -0.329 e. The largest absolute Gasteiger partial charge is 0.453 e. The van der Waals surface area contributed by atoms with Crippen LogP contribution < -0.4 is 0 Å². The zero-order valence-corrected chi connectivity index (χ0v) is 13.4. The van der Waals surface area contributed by atoms with Crippen molar-refractivity contribution in [1.29, 1.82) is 0 Å². The highest BCUT2D eigenvalue weighted by atomic mass is 19.4. The van der Waals surface area contributed by atoms with Crippen LogP contribution in [0.3, 0.4) is 0 Å². The Bertz CT molecular complexity index is 339. The van der Waals surface area contributed by atoms with Crippen LogP contribution in [0.1, 0.15) is 65.2 Å². The van der Waals surface area contributed by atoms with Crippen molar-refractivity contribution in [3.63, 3.8) is 0 Å². The molecule has 1 saturated heterocycles. The van der Waals surface area contributed by atoms with E-state index in [0.717, 1.165) is 32.1 Å². The molecular weight excluding hydrogens is 326 g/mol. The molecule has 0 radical (unpaired) electrons. The molecule has 8 heteroatoms. The van der Waals surface area contributed by atoms with Gasteiger partial charge in [-0.3, -0.25) is 0 Å². The monoisotopic (exact) mass is 350 g/mol. The summed E-state index contributed by atoms with van der Waals surface area (Å²) in [5.41, 5.74) is 0. The molecule has 0 aromatic carbocycles. The molecule has 0 unspecified atom stereocenters. The topological polar surface area (TPSA) is 18.5 Å². The van der Waals surface area contributed by atoms with E-state index < -0.39 is 30.3 Å². The first-order valence-corrected chi connectivity index (χ1v) is 8.08. The predicted octanol–water partition coefficient (Wildman–Crippen LogP) is 5.75. The van der Waals surface area contributed by atoms with Crippen molar-refractivity contribution in [2.45, 2.75) is 95.6 Å². The first kappa shape index (κ1) is 20.5. The third kappa shape index (κ3) is 4.75. The number of rotatable bonds is 8. The average Bonchev–Trinajstić information content (AvgIpc) is 2.82. The highest BCUT2D eigenvalue weighted by molar-refractivity contribution is 4.95. The normalized spacial score (nSPS) is 25.0. The SMILES string of the molecule is CCCCCCCC[C@@H]1OC(C(F)(F)F)(C(F)(F)F)O[C@H]1CC. The summed E-state index contributed by atoms with van der Waals surface area (Å²) >= 11 is 0. The second-order valence-electron chi connectivity index (χ2n) is 5.89. The van der Waals surface area contributed by atoms with Gasteiger partial charge in [-0.15, -0.1) is 0 Å². The molecule has 0 N–H and O–H groups in total. The third-order valence-corrected chi connectivity index (χ3v) is 4.04. The Labute approximate surface area is 132 Å². The smallest absolute Gasteiger partial charge is 0.329 e. The van der Waals surface area contributed by atoms with E-state index in [4.69, 9.17) is 0 Å². The van der Waals surface area contributed by atoms with Gasteiger partial charge in [0.05, 0.1) is 12.2 Å². The summed E-state index contributed by atoms with van der Waals surface area (Å²) in [5.74, 6) is -4.49. The molecule has 1 rings (SSSR count). The van der Waals surface area contributed by atoms with Gasteiger partial charge in [0.2, 0.25) is 0 Å². The van der Waals surface area contributed by atoms with Gasteiger partial charge in [-0.2, -0.15) is 26.3 Å². The summed E-state index contributed by atoms with van der Waals surface area (Å²) in [5, 5.41) is 0. The van der Waals surface area contributed by atoms with Gasteiger partial charge >= 0.3 is 18.1 Å². The number of alkyl halides is 6. The summed E-state index contributed by atoms with van der Waals surface area (Å²) in [6.45, 7) is 3.55. The van der Waals surface area contributed by atoms with Crippen molar-refractivity contribution >= 4 is 0 Å². The molecule has 1 heterocycles. The highest BCUT2D eigenvalue weighted by Gasteiger charge is 2.78. The number of unbranched alkanes of at least 4 members (excludes halogenated alkanes) is 5. The third-order valence-electron chi connectivity index (χ3n) is 4.04. The van der Waals surface area contributed by atoms with Crippen molar-refractivity contribution in [3.8, 4) is 0 Å². The maximum Gasteiger partial charge on any atom is 0.453 e. The van der Waals surface area contributed by atoms with Gasteiger partial charge in [-0.1, -0.05) is 52.4 Å². The van der Waals surface area contributed by atoms with E-state index in [0.29, 0.717) is 6.42 Å². The van der Waals surface area contributed by atoms with Crippen molar-refractivity contribution in [2.75, 3.05) is 0 Å². The van der Waals surface area contributed by atoms with Crippen LogP contribution >= 0.6 is 0 Å². The molecule has 0 bridgehead atoms. The van der Waals surface area contributed by atoms with E-state index in [1.807, 2.05) is 0 Å². The minimum absolute atomic E-state index is 0.0361. The summed E-state index contributed by atoms with van der Waals surface area (Å²) in [7, 11) is 0. The molecule has 138 valence electrons. The fourth-order valence-electron chi connectivity index (χ4n) is 2.75. The Kier molecular flexibility index (Phi) is 7.19.